The first-order chi connectivity index (χ1) is 9.58. The van der Waals surface area contributed by atoms with Gasteiger partial charge in [0.25, 0.3) is 5.91 Å². The van der Waals surface area contributed by atoms with Crippen molar-refractivity contribution >= 4 is 17.5 Å². The first kappa shape index (κ1) is 15.2. The van der Waals surface area contributed by atoms with Crippen molar-refractivity contribution in [3.63, 3.8) is 0 Å². The first-order valence-electron chi connectivity index (χ1n) is 6.44. The van der Waals surface area contributed by atoms with Crippen molar-refractivity contribution in [2.24, 2.45) is 0 Å². The Morgan fingerprint density at radius 3 is 2.70 bits per heavy atom. The monoisotopic (exact) mass is 303 g/mol. The Morgan fingerprint density at radius 2 is 2.00 bits per heavy atom. The van der Waals surface area contributed by atoms with Crippen molar-refractivity contribution in [2.75, 3.05) is 39.3 Å². The Labute approximate surface area is 121 Å². The number of rotatable bonds is 4. The number of hydrogen-bond acceptors (Lipinski definition) is 3. The Morgan fingerprint density at radius 1 is 1.30 bits per heavy atom. The summed E-state index contributed by atoms with van der Waals surface area (Å²) in [6.45, 7) is 4.75. The molecule has 0 atom stereocenters. The molecule has 20 heavy (non-hydrogen) atoms. The van der Waals surface area contributed by atoms with Crippen LogP contribution in [-0.4, -0.2) is 50.1 Å². The first-order valence-corrected chi connectivity index (χ1v) is 6.81. The zero-order valence-corrected chi connectivity index (χ0v) is 11.6. The fraction of sp³-hybridized carbons (Fsp3) is 0.462. The van der Waals surface area contributed by atoms with Gasteiger partial charge < -0.3 is 10.6 Å². The van der Waals surface area contributed by atoms with Gasteiger partial charge in [-0.1, -0.05) is 11.6 Å². The number of carbonyl (C=O) groups is 1. The number of nitrogens with zero attached hydrogens (tertiary/aromatic N) is 1. The molecule has 0 saturated carbocycles. The lowest BCUT2D eigenvalue weighted by Gasteiger charge is -2.27. The maximum Gasteiger partial charge on any atom is 0.254 e. The molecular weight excluding hydrogens is 288 g/mol. The van der Waals surface area contributed by atoms with Crippen LogP contribution >= 0.6 is 11.6 Å². The second-order valence-electron chi connectivity index (χ2n) is 4.59. The molecule has 4 nitrogen and oxygen atoms in total. The van der Waals surface area contributed by atoms with E-state index in [0.29, 0.717) is 13.1 Å². The third-order valence-electron chi connectivity index (χ3n) is 3.18. The summed E-state index contributed by atoms with van der Waals surface area (Å²) in [6, 6.07) is 1.62. The molecule has 1 aliphatic rings. The summed E-state index contributed by atoms with van der Waals surface area (Å²) in [6.07, 6.45) is 0. The fourth-order valence-electron chi connectivity index (χ4n) is 2.05. The van der Waals surface area contributed by atoms with Gasteiger partial charge in [-0.3, -0.25) is 9.69 Å². The van der Waals surface area contributed by atoms with Crippen LogP contribution in [0, 0.1) is 11.6 Å². The highest BCUT2D eigenvalue weighted by atomic mass is 35.5. The van der Waals surface area contributed by atoms with Crippen LogP contribution in [0.15, 0.2) is 12.1 Å². The second-order valence-corrected chi connectivity index (χ2v) is 5.00. The van der Waals surface area contributed by atoms with E-state index in [0.717, 1.165) is 38.3 Å². The molecular formula is C13H16ClF2N3O. The molecule has 0 spiro atoms. The molecule has 7 heteroatoms. The van der Waals surface area contributed by atoms with E-state index < -0.39 is 17.5 Å². The Bertz CT molecular complexity index is 493. The quantitative estimate of drug-likeness (QED) is 0.823. The summed E-state index contributed by atoms with van der Waals surface area (Å²) in [5.74, 6) is -2.26. The molecule has 110 valence electrons. The summed E-state index contributed by atoms with van der Waals surface area (Å²) in [5, 5.41) is 5.48. The largest absolute Gasteiger partial charge is 0.351 e. The van der Waals surface area contributed by atoms with E-state index in [-0.39, 0.29) is 10.6 Å². The summed E-state index contributed by atoms with van der Waals surface area (Å²) in [4.78, 5) is 14.0. The molecule has 1 amide bonds. The predicted octanol–water partition coefficient (Wildman–Crippen LogP) is 1.25. The maximum absolute atomic E-state index is 13.5. The third-order valence-corrected chi connectivity index (χ3v) is 3.47. The van der Waals surface area contributed by atoms with Crippen molar-refractivity contribution in [1.29, 1.82) is 0 Å². The van der Waals surface area contributed by atoms with E-state index in [2.05, 4.69) is 15.5 Å². The van der Waals surface area contributed by atoms with Crippen LogP contribution in [0.5, 0.6) is 0 Å². The lowest BCUT2D eigenvalue weighted by atomic mass is 10.2. The molecule has 1 aliphatic heterocycles. The van der Waals surface area contributed by atoms with Crippen LogP contribution in [-0.2, 0) is 0 Å². The fourth-order valence-corrected chi connectivity index (χ4v) is 2.20. The number of hydrogen-bond donors (Lipinski definition) is 2. The normalized spacial score (nSPS) is 16.1. The van der Waals surface area contributed by atoms with Gasteiger partial charge in [-0.25, -0.2) is 8.78 Å². The summed E-state index contributed by atoms with van der Waals surface area (Å²) < 4.78 is 26.8. The summed E-state index contributed by atoms with van der Waals surface area (Å²) >= 11 is 5.44. The summed E-state index contributed by atoms with van der Waals surface area (Å²) in [7, 11) is 0. The topological polar surface area (TPSA) is 44.4 Å². The molecule has 1 aromatic rings. The van der Waals surface area contributed by atoms with E-state index in [1.54, 1.807) is 0 Å². The van der Waals surface area contributed by atoms with E-state index in [9.17, 15) is 13.6 Å². The lowest BCUT2D eigenvalue weighted by molar-refractivity contribution is 0.0942. The van der Waals surface area contributed by atoms with Gasteiger partial charge in [-0.05, 0) is 12.1 Å². The van der Waals surface area contributed by atoms with E-state index in [4.69, 9.17) is 11.6 Å². The second kappa shape index (κ2) is 6.97. The number of benzene rings is 1. The van der Waals surface area contributed by atoms with Crippen LogP contribution in [0.1, 0.15) is 10.4 Å². The standard InChI is InChI=1S/C13H16ClF2N3O/c14-10-8-11(15)9(7-12(10)16)13(20)18-3-6-19-4-1-17-2-5-19/h7-8,17H,1-6H2,(H,18,20). The SMILES string of the molecule is O=C(NCCN1CCNCC1)c1cc(F)c(Cl)cc1F. The highest BCUT2D eigenvalue weighted by Gasteiger charge is 2.16. The number of halogens is 3. The van der Waals surface area contributed by atoms with Gasteiger partial charge in [0.15, 0.2) is 0 Å². The number of amides is 1. The Kier molecular flexibility index (Phi) is 5.28. The molecule has 1 aromatic carbocycles. The van der Waals surface area contributed by atoms with Gasteiger partial charge in [0, 0.05) is 39.3 Å². The average Bonchev–Trinajstić information content (AvgIpc) is 2.44. The molecule has 0 radical (unpaired) electrons. The minimum Gasteiger partial charge on any atom is -0.351 e. The van der Waals surface area contributed by atoms with Gasteiger partial charge in [0.1, 0.15) is 11.6 Å². The zero-order valence-electron chi connectivity index (χ0n) is 10.9. The van der Waals surface area contributed by atoms with Crippen LogP contribution in [0.3, 0.4) is 0 Å². The summed E-state index contributed by atoms with van der Waals surface area (Å²) in [5.41, 5.74) is -0.327. The predicted molar refractivity (Wildman–Crippen MR) is 73.0 cm³/mol. The van der Waals surface area contributed by atoms with E-state index >= 15 is 0 Å². The lowest BCUT2D eigenvalue weighted by Crippen LogP contribution is -2.46. The minimum atomic E-state index is -0.823. The minimum absolute atomic E-state index is 0.327. The van der Waals surface area contributed by atoms with Crippen LogP contribution in [0.4, 0.5) is 8.78 Å². The number of carbonyl (C=O) groups excluding carboxylic acids is 1. The average molecular weight is 304 g/mol. The Balaban J connectivity index is 1.87. The molecule has 0 bridgehead atoms. The van der Waals surface area contributed by atoms with Crippen LogP contribution in [0.2, 0.25) is 5.02 Å². The smallest absolute Gasteiger partial charge is 0.254 e. The van der Waals surface area contributed by atoms with Gasteiger partial charge in [-0.2, -0.15) is 0 Å². The number of piperazine rings is 1. The Hall–Kier alpha value is -1.24. The van der Waals surface area contributed by atoms with Crippen molar-refractivity contribution in [1.82, 2.24) is 15.5 Å². The number of nitrogens with one attached hydrogen (secondary N) is 2. The van der Waals surface area contributed by atoms with Crippen molar-refractivity contribution in [2.45, 2.75) is 0 Å². The maximum atomic E-state index is 13.5. The van der Waals surface area contributed by atoms with Crippen molar-refractivity contribution in [3.8, 4) is 0 Å². The van der Waals surface area contributed by atoms with Crippen molar-refractivity contribution < 1.29 is 13.6 Å². The van der Waals surface area contributed by atoms with Crippen molar-refractivity contribution in [3.05, 3.63) is 34.4 Å². The van der Waals surface area contributed by atoms with E-state index in [1.165, 1.54) is 0 Å². The molecule has 1 fully saturated rings. The molecule has 0 unspecified atom stereocenters. The molecule has 2 rings (SSSR count). The van der Waals surface area contributed by atoms with Crippen LogP contribution < -0.4 is 10.6 Å². The van der Waals surface area contributed by atoms with E-state index in [1.807, 2.05) is 0 Å². The van der Waals surface area contributed by atoms with Gasteiger partial charge >= 0.3 is 0 Å². The molecule has 0 aromatic heterocycles. The zero-order chi connectivity index (χ0) is 14.5. The molecule has 0 aliphatic carbocycles. The molecule has 2 N–H and O–H groups in total. The van der Waals surface area contributed by atoms with Crippen LogP contribution in [0.25, 0.3) is 0 Å². The van der Waals surface area contributed by atoms with Gasteiger partial charge in [-0.15, -0.1) is 0 Å². The molecule has 1 saturated heterocycles. The highest BCUT2D eigenvalue weighted by molar-refractivity contribution is 6.30. The third kappa shape index (κ3) is 3.88. The molecule has 1 heterocycles. The van der Waals surface area contributed by atoms with Gasteiger partial charge in [0.2, 0.25) is 0 Å². The highest BCUT2D eigenvalue weighted by Crippen LogP contribution is 2.19. The van der Waals surface area contributed by atoms with Gasteiger partial charge in [0.05, 0.1) is 10.6 Å².